The first-order valence-electron chi connectivity index (χ1n) is 9.18. The van der Waals surface area contributed by atoms with Crippen molar-refractivity contribution in [1.82, 2.24) is 10.6 Å². The maximum absolute atomic E-state index is 12.2. The molecule has 2 rings (SSSR count). The minimum absolute atomic E-state index is 0. The zero-order chi connectivity index (χ0) is 19.8. The average Bonchev–Trinajstić information content (AvgIpc) is 2.66. The summed E-state index contributed by atoms with van der Waals surface area (Å²) in [7, 11) is 0. The predicted octanol–water partition coefficient (Wildman–Crippen LogP) is 1.06. The lowest BCUT2D eigenvalue weighted by atomic mass is 10.1. The molecule has 1 fully saturated rings. The van der Waals surface area contributed by atoms with Gasteiger partial charge in [0.1, 0.15) is 0 Å². The maximum Gasteiger partial charge on any atom is 0.251 e. The topological polar surface area (TPSA) is 123 Å². The lowest BCUT2D eigenvalue weighted by Gasteiger charge is -2.23. The highest BCUT2D eigenvalue weighted by molar-refractivity contribution is 5.97. The summed E-state index contributed by atoms with van der Waals surface area (Å²) in [6, 6.07) is 6.09. The second kappa shape index (κ2) is 11.6. The zero-order valence-electron chi connectivity index (χ0n) is 16.2. The smallest absolute Gasteiger partial charge is 0.251 e. The molecule has 0 bridgehead atoms. The first kappa shape index (κ1) is 23.9. The van der Waals surface area contributed by atoms with Crippen molar-refractivity contribution in [2.45, 2.75) is 38.8 Å². The summed E-state index contributed by atoms with van der Waals surface area (Å²) in [5.41, 5.74) is 6.79. The molecule has 1 aromatic carbocycles. The highest BCUT2D eigenvalue weighted by atomic mass is 35.5. The number of halogens is 1. The summed E-state index contributed by atoms with van der Waals surface area (Å²) in [5.74, 6) is -0.874. The van der Waals surface area contributed by atoms with Gasteiger partial charge in [-0.15, -0.1) is 12.4 Å². The molecule has 0 radical (unpaired) electrons. The van der Waals surface area contributed by atoms with Gasteiger partial charge in [-0.05, 0) is 43.0 Å². The van der Waals surface area contributed by atoms with Crippen LogP contribution in [0.4, 0.5) is 5.69 Å². The Balaban J connectivity index is 0.00000392. The Hall–Kier alpha value is -2.16. The van der Waals surface area contributed by atoms with E-state index in [0.717, 1.165) is 12.8 Å². The third-order valence-electron chi connectivity index (χ3n) is 4.43. The van der Waals surface area contributed by atoms with E-state index < -0.39 is 6.04 Å². The maximum atomic E-state index is 12.2. The standard InChI is InChI=1S/C19H28N4O4.ClH/c1-12(2)17(20)19(26)21-11-16(24)22-14-5-3-13(4-6-14)18(25)23-15-7-9-27-10-8-15;/h3-6,12,15,17H,7-11,20H2,1-2H3,(H,21,26)(H,22,24)(H,23,25);1H/t17-;/m0./s1. The van der Waals surface area contributed by atoms with Crippen LogP contribution in [0.15, 0.2) is 24.3 Å². The molecule has 1 aliphatic heterocycles. The molecule has 0 aromatic heterocycles. The number of nitrogens with one attached hydrogen (secondary N) is 3. The van der Waals surface area contributed by atoms with Gasteiger partial charge in [0.05, 0.1) is 12.6 Å². The normalized spacial score (nSPS) is 15.3. The van der Waals surface area contributed by atoms with Crippen LogP contribution in [0.5, 0.6) is 0 Å². The fourth-order valence-electron chi connectivity index (χ4n) is 2.61. The fourth-order valence-corrected chi connectivity index (χ4v) is 2.61. The molecule has 8 nitrogen and oxygen atoms in total. The number of anilines is 1. The molecule has 1 aliphatic rings. The highest BCUT2D eigenvalue weighted by Crippen LogP contribution is 2.11. The highest BCUT2D eigenvalue weighted by Gasteiger charge is 2.18. The molecule has 0 unspecified atom stereocenters. The molecule has 5 N–H and O–H groups in total. The van der Waals surface area contributed by atoms with Gasteiger partial charge in [-0.1, -0.05) is 13.8 Å². The fraction of sp³-hybridized carbons (Fsp3) is 0.526. The third kappa shape index (κ3) is 7.46. The van der Waals surface area contributed by atoms with Gasteiger partial charge in [0.15, 0.2) is 0 Å². The van der Waals surface area contributed by atoms with Crippen LogP contribution in [0.3, 0.4) is 0 Å². The zero-order valence-corrected chi connectivity index (χ0v) is 17.0. The molecule has 1 heterocycles. The van der Waals surface area contributed by atoms with E-state index in [4.69, 9.17) is 10.5 Å². The number of carbonyl (C=O) groups is 3. The van der Waals surface area contributed by atoms with Gasteiger partial charge < -0.3 is 26.4 Å². The van der Waals surface area contributed by atoms with E-state index in [1.165, 1.54) is 0 Å². The largest absolute Gasteiger partial charge is 0.381 e. The van der Waals surface area contributed by atoms with Crippen molar-refractivity contribution >= 4 is 35.8 Å². The lowest BCUT2D eigenvalue weighted by Crippen LogP contribution is -2.46. The number of amides is 3. The Bertz CT molecular complexity index is 660. The summed E-state index contributed by atoms with van der Waals surface area (Å²) in [6.07, 6.45) is 1.62. The average molecular weight is 413 g/mol. The van der Waals surface area contributed by atoms with Gasteiger partial charge >= 0.3 is 0 Å². The SMILES string of the molecule is CC(C)[C@H](N)C(=O)NCC(=O)Nc1ccc(C(=O)NC2CCOCC2)cc1.Cl. The van der Waals surface area contributed by atoms with Gasteiger partial charge in [0, 0.05) is 30.5 Å². The number of ether oxygens (including phenoxy) is 1. The second-order valence-electron chi connectivity index (χ2n) is 6.97. The van der Waals surface area contributed by atoms with E-state index in [2.05, 4.69) is 16.0 Å². The van der Waals surface area contributed by atoms with Crippen LogP contribution in [0, 0.1) is 5.92 Å². The van der Waals surface area contributed by atoms with Crippen LogP contribution >= 0.6 is 12.4 Å². The van der Waals surface area contributed by atoms with E-state index in [1.54, 1.807) is 24.3 Å². The van der Waals surface area contributed by atoms with E-state index in [0.29, 0.717) is 24.5 Å². The minimum Gasteiger partial charge on any atom is -0.381 e. The second-order valence-corrected chi connectivity index (χ2v) is 6.97. The van der Waals surface area contributed by atoms with Crippen LogP contribution in [0.25, 0.3) is 0 Å². The molecule has 0 saturated carbocycles. The number of carbonyl (C=O) groups excluding carboxylic acids is 3. The number of benzene rings is 1. The van der Waals surface area contributed by atoms with E-state index >= 15 is 0 Å². The minimum atomic E-state index is -0.647. The molecule has 0 aliphatic carbocycles. The first-order chi connectivity index (χ1) is 12.9. The Labute approximate surface area is 171 Å². The van der Waals surface area contributed by atoms with Crippen molar-refractivity contribution in [3.8, 4) is 0 Å². The summed E-state index contributed by atoms with van der Waals surface area (Å²) in [6.45, 7) is 4.84. The van der Waals surface area contributed by atoms with E-state index in [-0.39, 0.29) is 48.6 Å². The molecule has 156 valence electrons. The molecule has 1 atom stereocenters. The number of hydrogen-bond donors (Lipinski definition) is 4. The Morgan fingerprint density at radius 1 is 1.14 bits per heavy atom. The molecular formula is C19H29ClN4O4. The first-order valence-corrected chi connectivity index (χ1v) is 9.18. The molecule has 0 spiro atoms. The summed E-state index contributed by atoms with van der Waals surface area (Å²) in [5, 5.41) is 8.16. The van der Waals surface area contributed by atoms with Gasteiger partial charge in [-0.25, -0.2) is 0 Å². The van der Waals surface area contributed by atoms with Crippen molar-refractivity contribution in [3.63, 3.8) is 0 Å². The van der Waals surface area contributed by atoms with Gasteiger partial charge in [-0.2, -0.15) is 0 Å². The van der Waals surface area contributed by atoms with Crippen LogP contribution < -0.4 is 21.7 Å². The lowest BCUT2D eigenvalue weighted by molar-refractivity contribution is -0.125. The molecule has 3 amide bonds. The monoisotopic (exact) mass is 412 g/mol. The van der Waals surface area contributed by atoms with E-state index in [9.17, 15) is 14.4 Å². The summed E-state index contributed by atoms with van der Waals surface area (Å²) >= 11 is 0. The Morgan fingerprint density at radius 2 is 1.75 bits per heavy atom. The molecule has 1 saturated heterocycles. The molecule has 28 heavy (non-hydrogen) atoms. The van der Waals surface area contributed by atoms with Crippen molar-refractivity contribution in [3.05, 3.63) is 29.8 Å². The van der Waals surface area contributed by atoms with Gasteiger partial charge in [-0.3, -0.25) is 14.4 Å². The van der Waals surface area contributed by atoms with Gasteiger partial charge in [0.25, 0.3) is 5.91 Å². The number of nitrogens with two attached hydrogens (primary N) is 1. The van der Waals surface area contributed by atoms with Crippen LogP contribution in [-0.2, 0) is 14.3 Å². The molecule has 1 aromatic rings. The Kier molecular flexibility index (Phi) is 9.92. The summed E-state index contributed by atoms with van der Waals surface area (Å²) < 4.78 is 5.27. The van der Waals surface area contributed by atoms with Crippen molar-refractivity contribution in [2.24, 2.45) is 11.7 Å². The van der Waals surface area contributed by atoms with Crippen molar-refractivity contribution in [1.29, 1.82) is 0 Å². The van der Waals surface area contributed by atoms with Gasteiger partial charge in [0.2, 0.25) is 11.8 Å². The Morgan fingerprint density at radius 3 is 2.32 bits per heavy atom. The van der Waals surface area contributed by atoms with Crippen LogP contribution in [-0.4, -0.2) is 49.6 Å². The van der Waals surface area contributed by atoms with Crippen LogP contribution in [0.2, 0.25) is 0 Å². The van der Waals surface area contributed by atoms with Crippen LogP contribution in [0.1, 0.15) is 37.0 Å². The number of rotatable bonds is 7. The quantitative estimate of drug-likeness (QED) is 0.533. The predicted molar refractivity (Wildman–Crippen MR) is 109 cm³/mol. The number of hydrogen-bond acceptors (Lipinski definition) is 5. The molecule has 9 heteroatoms. The third-order valence-corrected chi connectivity index (χ3v) is 4.43. The summed E-state index contributed by atoms with van der Waals surface area (Å²) in [4.78, 5) is 35.9. The molecular weight excluding hydrogens is 384 g/mol. The van der Waals surface area contributed by atoms with Crippen molar-refractivity contribution in [2.75, 3.05) is 25.1 Å². The van der Waals surface area contributed by atoms with Crippen molar-refractivity contribution < 1.29 is 19.1 Å². The van der Waals surface area contributed by atoms with E-state index in [1.807, 2.05) is 13.8 Å².